The molecule has 0 heterocycles. The van der Waals surface area contributed by atoms with Crippen LogP contribution in [0.1, 0.15) is 37.8 Å². The Kier molecular flexibility index (Phi) is 6.45. The van der Waals surface area contributed by atoms with E-state index in [9.17, 15) is 4.39 Å². The lowest BCUT2D eigenvalue weighted by atomic mass is 10.0. The van der Waals surface area contributed by atoms with Gasteiger partial charge in [0.1, 0.15) is 5.82 Å². The van der Waals surface area contributed by atoms with E-state index in [0.29, 0.717) is 4.47 Å². The normalized spacial score (nSPS) is 12.4. The van der Waals surface area contributed by atoms with Crippen molar-refractivity contribution in [2.24, 2.45) is 0 Å². The largest absolute Gasteiger partial charge is 0.310 e. The van der Waals surface area contributed by atoms with Crippen LogP contribution in [0, 0.1) is 5.82 Å². The van der Waals surface area contributed by atoms with Gasteiger partial charge in [-0.3, -0.25) is 0 Å². The number of benzene rings is 1. The summed E-state index contributed by atoms with van der Waals surface area (Å²) in [5.41, 5.74) is 1.13. The van der Waals surface area contributed by atoms with Crippen LogP contribution in [0.15, 0.2) is 35.3 Å². The first-order valence-corrected chi connectivity index (χ1v) is 6.77. The summed E-state index contributed by atoms with van der Waals surface area (Å²) in [5, 5.41) is 3.43. The number of allylic oxidation sites excluding steroid dienone is 1. The average molecular weight is 300 g/mol. The van der Waals surface area contributed by atoms with E-state index in [4.69, 9.17) is 0 Å². The maximum atomic E-state index is 13.2. The smallest absolute Gasteiger partial charge is 0.137 e. The zero-order valence-electron chi connectivity index (χ0n) is 10.2. The van der Waals surface area contributed by atoms with Crippen LogP contribution in [0.4, 0.5) is 4.39 Å². The third-order valence-corrected chi connectivity index (χ3v) is 3.31. The van der Waals surface area contributed by atoms with Crippen LogP contribution < -0.4 is 5.32 Å². The molecular weight excluding hydrogens is 281 g/mol. The van der Waals surface area contributed by atoms with Gasteiger partial charge in [-0.15, -0.1) is 6.58 Å². The summed E-state index contributed by atoms with van der Waals surface area (Å²) in [4.78, 5) is 0. The van der Waals surface area contributed by atoms with Gasteiger partial charge in [-0.05, 0) is 59.4 Å². The van der Waals surface area contributed by atoms with Gasteiger partial charge in [0.05, 0.1) is 4.47 Å². The second kappa shape index (κ2) is 7.62. The van der Waals surface area contributed by atoms with Crippen LogP contribution in [0.3, 0.4) is 0 Å². The standard InChI is InChI=1S/C14H19BrFN/c1-3-5-6-7-14(17-4-2)11-8-9-13(16)12(15)10-11/h3,8-10,14,17H,1,4-7H2,2H3. The number of rotatable bonds is 7. The summed E-state index contributed by atoms with van der Waals surface area (Å²) in [5.74, 6) is -0.213. The van der Waals surface area contributed by atoms with E-state index in [1.165, 1.54) is 6.07 Å². The summed E-state index contributed by atoms with van der Waals surface area (Å²) in [6, 6.07) is 5.51. The Balaban J connectivity index is 2.73. The summed E-state index contributed by atoms with van der Waals surface area (Å²) in [6.07, 6.45) is 5.09. The van der Waals surface area contributed by atoms with Gasteiger partial charge in [0.2, 0.25) is 0 Å². The van der Waals surface area contributed by atoms with Gasteiger partial charge < -0.3 is 5.32 Å². The van der Waals surface area contributed by atoms with Crippen LogP contribution >= 0.6 is 15.9 Å². The summed E-state index contributed by atoms with van der Waals surface area (Å²) in [7, 11) is 0. The van der Waals surface area contributed by atoms with E-state index in [0.717, 1.165) is 31.4 Å². The van der Waals surface area contributed by atoms with Crippen LogP contribution in [-0.4, -0.2) is 6.54 Å². The molecule has 0 spiro atoms. The first kappa shape index (κ1) is 14.4. The molecule has 1 unspecified atom stereocenters. The van der Waals surface area contributed by atoms with Crippen molar-refractivity contribution in [3.8, 4) is 0 Å². The van der Waals surface area contributed by atoms with Crippen molar-refractivity contribution in [3.63, 3.8) is 0 Å². The van der Waals surface area contributed by atoms with Crippen molar-refractivity contribution in [1.82, 2.24) is 5.32 Å². The van der Waals surface area contributed by atoms with Gasteiger partial charge in [0.25, 0.3) is 0 Å². The minimum Gasteiger partial charge on any atom is -0.310 e. The zero-order valence-corrected chi connectivity index (χ0v) is 11.8. The lowest BCUT2D eigenvalue weighted by Crippen LogP contribution is -2.20. The number of hydrogen-bond acceptors (Lipinski definition) is 1. The fourth-order valence-corrected chi connectivity index (χ4v) is 2.22. The highest BCUT2D eigenvalue weighted by molar-refractivity contribution is 9.10. The van der Waals surface area contributed by atoms with Crippen LogP contribution in [0.25, 0.3) is 0 Å². The quantitative estimate of drug-likeness (QED) is 0.573. The summed E-state index contributed by atoms with van der Waals surface area (Å²) >= 11 is 3.23. The fraction of sp³-hybridized carbons (Fsp3) is 0.429. The molecule has 1 nitrogen and oxygen atoms in total. The van der Waals surface area contributed by atoms with Gasteiger partial charge in [0.15, 0.2) is 0 Å². The molecule has 0 radical (unpaired) electrons. The zero-order chi connectivity index (χ0) is 12.7. The lowest BCUT2D eigenvalue weighted by Gasteiger charge is -2.18. The molecule has 0 aliphatic carbocycles. The van der Waals surface area contributed by atoms with Crippen molar-refractivity contribution < 1.29 is 4.39 Å². The Labute approximate surface area is 111 Å². The van der Waals surface area contributed by atoms with E-state index in [1.54, 1.807) is 0 Å². The second-order valence-corrected chi connectivity index (χ2v) is 4.86. The summed E-state index contributed by atoms with van der Waals surface area (Å²) in [6.45, 7) is 6.72. The second-order valence-electron chi connectivity index (χ2n) is 4.00. The predicted octanol–water partition coefficient (Wildman–Crippen LogP) is 4.60. The van der Waals surface area contributed by atoms with E-state index in [1.807, 2.05) is 18.2 Å². The van der Waals surface area contributed by atoms with Crippen molar-refractivity contribution >= 4 is 15.9 Å². The Morgan fingerprint density at radius 1 is 1.53 bits per heavy atom. The molecule has 0 amide bonds. The third kappa shape index (κ3) is 4.60. The molecule has 3 heteroatoms. The minimum atomic E-state index is -0.213. The van der Waals surface area contributed by atoms with Crippen molar-refractivity contribution in [2.75, 3.05) is 6.54 Å². The van der Waals surface area contributed by atoms with E-state index in [2.05, 4.69) is 34.7 Å². The monoisotopic (exact) mass is 299 g/mol. The number of unbranched alkanes of at least 4 members (excludes halogenated alkanes) is 1. The van der Waals surface area contributed by atoms with Crippen LogP contribution in [0.5, 0.6) is 0 Å². The Hall–Kier alpha value is -0.670. The van der Waals surface area contributed by atoms with E-state index in [-0.39, 0.29) is 11.9 Å². The molecule has 1 N–H and O–H groups in total. The van der Waals surface area contributed by atoms with E-state index >= 15 is 0 Å². The number of halogens is 2. The fourth-order valence-electron chi connectivity index (χ4n) is 1.83. The molecule has 0 saturated carbocycles. The Morgan fingerprint density at radius 3 is 2.88 bits per heavy atom. The van der Waals surface area contributed by atoms with Crippen molar-refractivity contribution in [2.45, 2.75) is 32.2 Å². The molecule has 1 rings (SSSR count). The SMILES string of the molecule is C=CCCCC(NCC)c1ccc(F)c(Br)c1. The molecule has 0 aliphatic rings. The van der Waals surface area contributed by atoms with Gasteiger partial charge in [-0.25, -0.2) is 4.39 Å². The molecule has 1 aromatic carbocycles. The molecular formula is C14H19BrFN. The maximum absolute atomic E-state index is 13.2. The van der Waals surface area contributed by atoms with Crippen LogP contribution in [0.2, 0.25) is 0 Å². The molecule has 0 aliphatic heterocycles. The van der Waals surface area contributed by atoms with Gasteiger partial charge in [0, 0.05) is 6.04 Å². The predicted molar refractivity (Wildman–Crippen MR) is 74.6 cm³/mol. The molecule has 0 aromatic heterocycles. The van der Waals surface area contributed by atoms with Gasteiger partial charge in [-0.2, -0.15) is 0 Å². The van der Waals surface area contributed by atoms with Crippen LogP contribution in [-0.2, 0) is 0 Å². The lowest BCUT2D eigenvalue weighted by molar-refractivity contribution is 0.499. The molecule has 0 bridgehead atoms. The molecule has 0 fully saturated rings. The third-order valence-electron chi connectivity index (χ3n) is 2.70. The molecule has 17 heavy (non-hydrogen) atoms. The minimum absolute atomic E-state index is 0.213. The molecule has 94 valence electrons. The van der Waals surface area contributed by atoms with E-state index < -0.39 is 0 Å². The summed E-state index contributed by atoms with van der Waals surface area (Å²) < 4.78 is 13.7. The first-order valence-electron chi connectivity index (χ1n) is 5.98. The maximum Gasteiger partial charge on any atom is 0.137 e. The molecule has 0 saturated heterocycles. The highest BCUT2D eigenvalue weighted by atomic mass is 79.9. The Morgan fingerprint density at radius 2 is 2.29 bits per heavy atom. The van der Waals surface area contributed by atoms with Gasteiger partial charge in [-0.1, -0.05) is 19.1 Å². The highest BCUT2D eigenvalue weighted by Gasteiger charge is 2.11. The molecule has 1 atom stereocenters. The van der Waals surface area contributed by atoms with Crippen molar-refractivity contribution in [1.29, 1.82) is 0 Å². The number of nitrogens with one attached hydrogen (secondary N) is 1. The molecule has 1 aromatic rings. The topological polar surface area (TPSA) is 12.0 Å². The average Bonchev–Trinajstić information content (AvgIpc) is 2.32. The van der Waals surface area contributed by atoms with Gasteiger partial charge >= 0.3 is 0 Å². The first-order chi connectivity index (χ1) is 8.19. The highest BCUT2D eigenvalue weighted by Crippen LogP contribution is 2.24. The Bertz CT molecular complexity index is 365. The van der Waals surface area contributed by atoms with Crippen molar-refractivity contribution in [3.05, 3.63) is 46.7 Å². The number of hydrogen-bond donors (Lipinski definition) is 1.